The number of alkyl halides is 3. The fraction of sp³-hybridized carbons (Fsp3) is 0.500. The van der Waals surface area contributed by atoms with Crippen LogP contribution in [0.1, 0.15) is 37.3 Å². The van der Waals surface area contributed by atoms with Crippen molar-refractivity contribution in [2.24, 2.45) is 0 Å². The molecule has 1 aromatic rings. The van der Waals surface area contributed by atoms with Crippen LogP contribution in [0.25, 0.3) is 0 Å². The predicted molar refractivity (Wildman–Crippen MR) is 62.4 cm³/mol. The van der Waals surface area contributed by atoms with E-state index in [1.807, 2.05) is 22.9 Å². The molecule has 0 aliphatic carbocycles. The average Bonchev–Trinajstić information content (AvgIpc) is 2.14. The maximum absolute atomic E-state index is 13.4. The SMILES string of the molecule is CCCCCc1cc(F)c(C(F)(F)Br)c(F)c1. The molecule has 0 N–H and O–H groups in total. The predicted octanol–water partition coefficient (Wildman–Crippen LogP) is 5.14. The number of rotatable bonds is 5. The van der Waals surface area contributed by atoms with Gasteiger partial charge in [0.15, 0.2) is 0 Å². The van der Waals surface area contributed by atoms with E-state index in [0.717, 1.165) is 31.4 Å². The van der Waals surface area contributed by atoms with Gasteiger partial charge >= 0.3 is 4.83 Å². The summed E-state index contributed by atoms with van der Waals surface area (Å²) >= 11 is 1.96. The van der Waals surface area contributed by atoms with E-state index in [9.17, 15) is 17.6 Å². The summed E-state index contributed by atoms with van der Waals surface area (Å²) in [6, 6.07) is 1.95. The number of hydrogen-bond acceptors (Lipinski definition) is 0. The Morgan fingerprint density at radius 3 is 2.06 bits per heavy atom. The van der Waals surface area contributed by atoms with Crippen LogP contribution in [-0.4, -0.2) is 0 Å². The van der Waals surface area contributed by atoms with Gasteiger partial charge in [0.05, 0.1) is 0 Å². The van der Waals surface area contributed by atoms with E-state index in [-0.39, 0.29) is 0 Å². The Bertz CT molecular complexity index is 362. The number of unbranched alkanes of at least 4 members (excludes halogenated alkanes) is 2. The fourth-order valence-corrected chi connectivity index (χ4v) is 2.00. The van der Waals surface area contributed by atoms with Crippen LogP contribution >= 0.6 is 15.9 Å². The van der Waals surface area contributed by atoms with E-state index in [1.54, 1.807) is 0 Å². The Hall–Kier alpha value is -0.580. The van der Waals surface area contributed by atoms with Gasteiger partial charge in [-0.1, -0.05) is 19.8 Å². The van der Waals surface area contributed by atoms with Gasteiger partial charge in [0.1, 0.15) is 17.2 Å². The molecule has 0 heterocycles. The van der Waals surface area contributed by atoms with E-state index >= 15 is 0 Å². The highest BCUT2D eigenvalue weighted by atomic mass is 79.9. The van der Waals surface area contributed by atoms with Gasteiger partial charge in [-0.25, -0.2) is 8.78 Å². The van der Waals surface area contributed by atoms with Crippen LogP contribution in [0.4, 0.5) is 17.6 Å². The summed E-state index contributed by atoms with van der Waals surface area (Å²) in [6.07, 6.45) is 3.22. The first-order valence-corrected chi connectivity index (χ1v) is 6.20. The van der Waals surface area contributed by atoms with Crippen LogP contribution in [0.15, 0.2) is 12.1 Å². The molecule has 0 unspecified atom stereocenters. The quantitative estimate of drug-likeness (QED) is 0.401. The molecule has 0 amide bonds. The van der Waals surface area contributed by atoms with Crippen molar-refractivity contribution in [3.63, 3.8) is 0 Å². The molecule has 0 aliphatic rings. The summed E-state index contributed by atoms with van der Waals surface area (Å²) in [5.41, 5.74) is -0.814. The molecule has 0 fully saturated rings. The third-order valence-corrected chi connectivity index (χ3v) is 2.85. The van der Waals surface area contributed by atoms with Crippen molar-refractivity contribution in [1.29, 1.82) is 0 Å². The van der Waals surface area contributed by atoms with Crippen LogP contribution in [-0.2, 0) is 11.3 Å². The Balaban J connectivity index is 2.94. The van der Waals surface area contributed by atoms with Gasteiger partial charge in [-0.05, 0) is 46.5 Å². The van der Waals surface area contributed by atoms with E-state index in [1.165, 1.54) is 0 Å². The van der Waals surface area contributed by atoms with Gasteiger partial charge in [0.25, 0.3) is 0 Å². The van der Waals surface area contributed by atoms with Crippen molar-refractivity contribution in [3.8, 4) is 0 Å². The molecular weight excluding hydrogens is 300 g/mol. The molecule has 0 saturated carbocycles. The summed E-state index contributed by atoms with van der Waals surface area (Å²) in [5.74, 6) is -2.42. The van der Waals surface area contributed by atoms with Crippen LogP contribution in [0.5, 0.6) is 0 Å². The topological polar surface area (TPSA) is 0 Å². The van der Waals surface area contributed by atoms with Gasteiger partial charge in [0, 0.05) is 0 Å². The van der Waals surface area contributed by atoms with Crippen molar-refractivity contribution < 1.29 is 17.6 Å². The Morgan fingerprint density at radius 2 is 1.65 bits per heavy atom. The van der Waals surface area contributed by atoms with Crippen molar-refractivity contribution in [1.82, 2.24) is 0 Å². The molecule has 1 aromatic carbocycles. The summed E-state index contributed by atoms with van der Waals surface area (Å²) in [6.45, 7) is 2.01. The average molecular weight is 313 g/mol. The van der Waals surface area contributed by atoms with Crippen LogP contribution in [0, 0.1) is 11.6 Å². The molecule has 5 heteroatoms. The maximum atomic E-state index is 13.4. The zero-order valence-electron chi connectivity index (χ0n) is 9.37. The summed E-state index contributed by atoms with van der Waals surface area (Å²) in [4.78, 5) is -3.68. The first kappa shape index (κ1) is 14.5. The van der Waals surface area contributed by atoms with Crippen LogP contribution < -0.4 is 0 Å². The zero-order chi connectivity index (χ0) is 13.1. The largest absolute Gasteiger partial charge is 0.332 e. The Kier molecular flexibility index (Phi) is 4.98. The van der Waals surface area contributed by atoms with E-state index in [4.69, 9.17) is 0 Å². The molecular formula is C12H13BrF4. The second-order valence-electron chi connectivity index (χ2n) is 3.89. The number of halogens is 5. The standard InChI is InChI=1S/C12H13BrF4/c1-2-3-4-5-8-6-9(14)11(10(15)7-8)12(13,16)17/h6-7H,2-5H2,1H3. The maximum Gasteiger partial charge on any atom is 0.332 e. The lowest BCUT2D eigenvalue weighted by atomic mass is 10.0. The van der Waals surface area contributed by atoms with Gasteiger partial charge in [0.2, 0.25) is 0 Å². The molecule has 0 saturated heterocycles. The minimum atomic E-state index is -3.68. The molecule has 0 aromatic heterocycles. The lowest BCUT2D eigenvalue weighted by molar-refractivity contribution is 0.105. The third kappa shape index (κ3) is 3.98. The van der Waals surface area contributed by atoms with Gasteiger partial charge < -0.3 is 0 Å². The minimum Gasteiger partial charge on any atom is -0.206 e. The first-order valence-electron chi connectivity index (χ1n) is 5.41. The minimum absolute atomic E-state index is 0.411. The van der Waals surface area contributed by atoms with Crippen LogP contribution in [0.2, 0.25) is 0 Å². The van der Waals surface area contributed by atoms with E-state index in [2.05, 4.69) is 0 Å². The van der Waals surface area contributed by atoms with Crippen LogP contribution in [0.3, 0.4) is 0 Å². The van der Waals surface area contributed by atoms with E-state index < -0.39 is 22.0 Å². The Morgan fingerprint density at radius 1 is 1.12 bits per heavy atom. The summed E-state index contributed by atoms with van der Waals surface area (Å²) in [7, 11) is 0. The summed E-state index contributed by atoms with van der Waals surface area (Å²) < 4.78 is 52.4. The fourth-order valence-electron chi connectivity index (χ4n) is 1.62. The zero-order valence-corrected chi connectivity index (χ0v) is 11.0. The molecule has 1 rings (SSSR count). The highest BCUT2D eigenvalue weighted by molar-refractivity contribution is 9.09. The van der Waals surface area contributed by atoms with Gasteiger partial charge in [-0.3, -0.25) is 0 Å². The molecule has 0 spiro atoms. The van der Waals surface area contributed by atoms with Crippen molar-refractivity contribution in [3.05, 3.63) is 34.9 Å². The normalized spacial score (nSPS) is 11.9. The highest BCUT2D eigenvalue weighted by Crippen LogP contribution is 2.38. The molecule has 0 nitrogen and oxygen atoms in total. The highest BCUT2D eigenvalue weighted by Gasteiger charge is 2.34. The molecule has 96 valence electrons. The molecule has 0 atom stereocenters. The molecule has 0 aliphatic heterocycles. The second-order valence-corrected chi connectivity index (χ2v) is 4.89. The smallest absolute Gasteiger partial charge is 0.206 e. The Labute approximate surface area is 106 Å². The third-order valence-electron chi connectivity index (χ3n) is 2.45. The van der Waals surface area contributed by atoms with E-state index in [0.29, 0.717) is 12.0 Å². The lowest BCUT2D eigenvalue weighted by Gasteiger charge is -2.12. The second kappa shape index (κ2) is 5.85. The van der Waals surface area contributed by atoms with Crippen molar-refractivity contribution >= 4 is 15.9 Å². The monoisotopic (exact) mass is 312 g/mol. The summed E-state index contributed by atoms with van der Waals surface area (Å²) in [5, 5.41) is 0. The van der Waals surface area contributed by atoms with Gasteiger partial charge in [-0.15, -0.1) is 0 Å². The number of aryl methyl sites for hydroxylation is 1. The van der Waals surface area contributed by atoms with Gasteiger partial charge in [-0.2, -0.15) is 8.78 Å². The first-order chi connectivity index (χ1) is 7.86. The van der Waals surface area contributed by atoms with Crippen molar-refractivity contribution in [2.45, 2.75) is 37.4 Å². The number of benzene rings is 1. The number of hydrogen-bond donors (Lipinski definition) is 0. The molecule has 17 heavy (non-hydrogen) atoms. The lowest BCUT2D eigenvalue weighted by Crippen LogP contribution is -2.10. The molecule has 0 bridgehead atoms. The van der Waals surface area contributed by atoms with Crippen molar-refractivity contribution in [2.75, 3.05) is 0 Å². The molecule has 0 radical (unpaired) electrons.